The van der Waals surface area contributed by atoms with Crippen LogP contribution in [-0.4, -0.2) is 12.2 Å². The summed E-state index contributed by atoms with van der Waals surface area (Å²) in [6, 6.07) is 13.7. The molecule has 4 rings (SSSR count). The van der Waals surface area contributed by atoms with Crippen LogP contribution in [-0.2, 0) is 12.8 Å². The second kappa shape index (κ2) is 8.19. The molecule has 28 heavy (non-hydrogen) atoms. The van der Waals surface area contributed by atoms with Crippen molar-refractivity contribution in [2.75, 3.05) is 0 Å². The van der Waals surface area contributed by atoms with Crippen molar-refractivity contribution < 1.29 is 9.47 Å². The standard InChI is InChI=1S/C26H34O2/c1-17(22-13-14-25-24(15-22)10-8-19(3)27-25)5-6-18(2)23-12-11-21-9-7-20(4)28-26(21)16-23/h11-20H,5-10H2,1-4H3. The summed E-state index contributed by atoms with van der Waals surface area (Å²) in [7, 11) is 0. The SMILES string of the molecule is CC1CCc2cc(C(C)CCC(C)c3ccc4c(c3)OC(C)CC4)ccc2O1. The van der Waals surface area contributed by atoms with E-state index in [0.717, 1.165) is 37.2 Å². The first-order valence-corrected chi connectivity index (χ1v) is 11.1. The van der Waals surface area contributed by atoms with Crippen LogP contribution in [0.4, 0.5) is 0 Å². The third-order valence-electron chi connectivity index (χ3n) is 6.64. The summed E-state index contributed by atoms with van der Waals surface area (Å²) >= 11 is 0. The Kier molecular flexibility index (Phi) is 5.66. The van der Waals surface area contributed by atoms with Crippen molar-refractivity contribution in [3.05, 3.63) is 58.7 Å². The molecule has 0 bridgehead atoms. The molecule has 0 radical (unpaired) electrons. The Morgan fingerprint density at radius 1 is 0.750 bits per heavy atom. The molecule has 4 unspecified atom stereocenters. The van der Waals surface area contributed by atoms with Crippen molar-refractivity contribution in [1.82, 2.24) is 0 Å². The molecule has 0 aliphatic carbocycles. The summed E-state index contributed by atoms with van der Waals surface area (Å²) in [5, 5.41) is 0. The Labute approximate surface area is 170 Å². The molecule has 0 N–H and O–H groups in total. The molecule has 2 aliphatic rings. The second-order valence-electron chi connectivity index (χ2n) is 9.05. The normalized spacial score (nSPS) is 23.0. The van der Waals surface area contributed by atoms with Crippen molar-refractivity contribution in [1.29, 1.82) is 0 Å². The fourth-order valence-electron chi connectivity index (χ4n) is 4.51. The van der Waals surface area contributed by atoms with Crippen LogP contribution in [0.25, 0.3) is 0 Å². The summed E-state index contributed by atoms with van der Waals surface area (Å²) in [6.45, 7) is 9.04. The van der Waals surface area contributed by atoms with Crippen LogP contribution in [0.3, 0.4) is 0 Å². The number of hydrogen-bond acceptors (Lipinski definition) is 2. The Morgan fingerprint density at radius 2 is 1.32 bits per heavy atom. The molecular formula is C26H34O2. The van der Waals surface area contributed by atoms with E-state index >= 15 is 0 Å². The first kappa shape index (κ1) is 19.4. The van der Waals surface area contributed by atoms with Crippen molar-refractivity contribution in [2.24, 2.45) is 0 Å². The Hall–Kier alpha value is -1.96. The molecule has 0 aromatic heterocycles. The van der Waals surface area contributed by atoms with Gasteiger partial charge in [-0.2, -0.15) is 0 Å². The topological polar surface area (TPSA) is 18.5 Å². The van der Waals surface area contributed by atoms with Crippen molar-refractivity contribution in [3.8, 4) is 11.5 Å². The van der Waals surface area contributed by atoms with Crippen molar-refractivity contribution in [3.63, 3.8) is 0 Å². The first-order chi connectivity index (χ1) is 13.5. The van der Waals surface area contributed by atoms with Gasteiger partial charge < -0.3 is 9.47 Å². The van der Waals surface area contributed by atoms with Crippen molar-refractivity contribution >= 4 is 0 Å². The quantitative estimate of drug-likeness (QED) is 0.569. The van der Waals surface area contributed by atoms with E-state index in [1.54, 1.807) is 0 Å². The lowest BCUT2D eigenvalue weighted by Crippen LogP contribution is -2.19. The molecule has 150 valence electrons. The molecule has 4 atom stereocenters. The number of fused-ring (bicyclic) bond motifs is 2. The molecule has 2 heteroatoms. The lowest BCUT2D eigenvalue weighted by Gasteiger charge is -2.25. The van der Waals surface area contributed by atoms with Crippen LogP contribution < -0.4 is 9.47 Å². The van der Waals surface area contributed by atoms with E-state index in [4.69, 9.17) is 9.47 Å². The van der Waals surface area contributed by atoms with E-state index in [1.807, 2.05) is 0 Å². The average Bonchev–Trinajstić information content (AvgIpc) is 2.70. The summed E-state index contributed by atoms with van der Waals surface area (Å²) in [5.41, 5.74) is 5.61. The minimum absolute atomic E-state index is 0.342. The Balaban J connectivity index is 1.38. The average molecular weight is 379 g/mol. The third-order valence-corrected chi connectivity index (χ3v) is 6.64. The van der Waals surface area contributed by atoms with Crippen LogP contribution in [0.5, 0.6) is 11.5 Å². The minimum Gasteiger partial charge on any atom is -0.490 e. The molecule has 0 saturated carbocycles. The largest absolute Gasteiger partial charge is 0.490 e. The zero-order valence-corrected chi connectivity index (χ0v) is 17.8. The molecule has 0 fully saturated rings. The maximum atomic E-state index is 6.07. The van der Waals surface area contributed by atoms with E-state index in [9.17, 15) is 0 Å². The van der Waals surface area contributed by atoms with Crippen LogP contribution in [0, 0.1) is 0 Å². The van der Waals surface area contributed by atoms with Crippen LogP contribution in [0.2, 0.25) is 0 Å². The molecule has 2 aromatic rings. The van der Waals surface area contributed by atoms with E-state index in [-0.39, 0.29) is 0 Å². The maximum absolute atomic E-state index is 6.07. The highest BCUT2D eigenvalue weighted by Crippen LogP contribution is 2.35. The Morgan fingerprint density at radius 3 is 2.04 bits per heavy atom. The molecular weight excluding hydrogens is 344 g/mol. The lowest BCUT2D eigenvalue weighted by molar-refractivity contribution is 0.192. The molecule has 0 saturated heterocycles. The van der Waals surface area contributed by atoms with Gasteiger partial charge in [0, 0.05) is 0 Å². The van der Waals surface area contributed by atoms with Gasteiger partial charge >= 0.3 is 0 Å². The van der Waals surface area contributed by atoms with Gasteiger partial charge in [-0.1, -0.05) is 38.1 Å². The van der Waals surface area contributed by atoms with E-state index in [0.29, 0.717) is 24.0 Å². The van der Waals surface area contributed by atoms with Gasteiger partial charge in [-0.05, 0) is 98.6 Å². The smallest absolute Gasteiger partial charge is 0.123 e. The van der Waals surface area contributed by atoms with Gasteiger partial charge in [0.15, 0.2) is 0 Å². The molecule has 2 aliphatic heterocycles. The van der Waals surface area contributed by atoms with Gasteiger partial charge in [0.1, 0.15) is 11.5 Å². The van der Waals surface area contributed by atoms with Crippen LogP contribution in [0.1, 0.15) is 87.5 Å². The molecule has 2 nitrogen and oxygen atoms in total. The fraction of sp³-hybridized carbons (Fsp3) is 0.538. The fourth-order valence-corrected chi connectivity index (χ4v) is 4.51. The van der Waals surface area contributed by atoms with E-state index in [1.165, 1.54) is 35.1 Å². The highest BCUT2D eigenvalue weighted by atomic mass is 16.5. The van der Waals surface area contributed by atoms with Gasteiger partial charge in [0.2, 0.25) is 0 Å². The highest BCUT2D eigenvalue weighted by Gasteiger charge is 2.20. The zero-order chi connectivity index (χ0) is 19.7. The lowest BCUT2D eigenvalue weighted by atomic mass is 9.87. The summed E-state index contributed by atoms with van der Waals surface area (Å²) in [6.07, 6.45) is 7.62. The van der Waals surface area contributed by atoms with Crippen LogP contribution >= 0.6 is 0 Å². The van der Waals surface area contributed by atoms with Gasteiger partial charge in [0.25, 0.3) is 0 Å². The Bertz CT molecular complexity index is 825. The van der Waals surface area contributed by atoms with Gasteiger partial charge in [0.05, 0.1) is 12.2 Å². The van der Waals surface area contributed by atoms with Gasteiger partial charge in [-0.3, -0.25) is 0 Å². The second-order valence-corrected chi connectivity index (χ2v) is 9.05. The van der Waals surface area contributed by atoms with Crippen molar-refractivity contribution in [2.45, 2.75) is 90.3 Å². The highest BCUT2D eigenvalue weighted by molar-refractivity contribution is 5.41. The van der Waals surface area contributed by atoms with E-state index in [2.05, 4.69) is 64.1 Å². The summed E-state index contributed by atoms with van der Waals surface area (Å²) in [5.74, 6) is 3.32. The van der Waals surface area contributed by atoms with Gasteiger partial charge in [-0.15, -0.1) is 0 Å². The molecule has 2 aromatic carbocycles. The summed E-state index contributed by atoms with van der Waals surface area (Å²) in [4.78, 5) is 0. The first-order valence-electron chi connectivity index (χ1n) is 11.1. The third kappa shape index (κ3) is 4.21. The number of ether oxygens (including phenoxy) is 2. The number of hydrogen-bond donors (Lipinski definition) is 0. The zero-order valence-electron chi connectivity index (χ0n) is 17.8. The summed E-state index contributed by atoms with van der Waals surface area (Å²) < 4.78 is 12.0. The molecule has 2 heterocycles. The predicted octanol–water partition coefficient (Wildman–Crippen LogP) is 6.80. The number of rotatable bonds is 5. The monoisotopic (exact) mass is 378 g/mol. The molecule has 0 amide bonds. The molecule has 0 spiro atoms. The number of benzene rings is 2. The minimum atomic E-state index is 0.342. The number of aryl methyl sites for hydroxylation is 2. The van der Waals surface area contributed by atoms with E-state index < -0.39 is 0 Å². The predicted molar refractivity (Wildman–Crippen MR) is 116 cm³/mol. The van der Waals surface area contributed by atoms with Crippen LogP contribution in [0.15, 0.2) is 36.4 Å². The van der Waals surface area contributed by atoms with Gasteiger partial charge in [-0.25, -0.2) is 0 Å². The maximum Gasteiger partial charge on any atom is 0.123 e.